The summed E-state index contributed by atoms with van der Waals surface area (Å²) in [7, 11) is 0. The van der Waals surface area contributed by atoms with Gasteiger partial charge in [0, 0.05) is 39.6 Å². The predicted octanol–water partition coefficient (Wildman–Crippen LogP) is 3.84. The van der Waals surface area contributed by atoms with Crippen molar-refractivity contribution >= 4 is 33.3 Å². The van der Waals surface area contributed by atoms with Crippen LogP contribution in [0.1, 0.15) is 21.5 Å². The third kappa shape index (κ3) is 2.01. The second kappa shape index (κ2) is 5.05. The molecule has 0 bridgehead atoms. The molecule has 0 aliphatic carbocycles. The lowest BCUT2D eigenvalue weighted by atomic mass is 9.97. The zero-order chi connectivity index (χ0) is 17.0. The van der Waals surface area contributed by atoms with E-state index in [0.29, 0.717) is 39.6 Å². The number of carbonyl (C=O) groups excluding carboxylic acids is 1. The summed E-state index contributed by atoms with van der Waals surface area (Å²) in [6, 6.07) is 18.6. The van der Waals surface area contributed by atoms with Gasteiger partial charge in [0.2, 0.25) is 0 Å². The van der Waals surface area contributed by atoms with Gasteiger partial charge in [-0.1, -0.05) is 36.4 Å². The van der Waals surface area contributed by atoms with E-state index in [-0.39, 0.29) is 11.2 Å². The number of aromatic amines is 1. The van der Waals surface area contributed by atoms with Crippen LogP contribution in [0.15, 0.2) is 65.5 Å². The molecule has 2 N–H and O–H groups in total. The van der Waals surface area contributed by atoms with Crippen molar-refractivity contribution in [2.45, 2.75) is 6.54 Å². The average Bonchev–Trinajstić information content (AvgIpc) is 2.78. The molecule has 120 valence electrons. The minimum absolute atomic E-state index is 0.0218. The maximum Gasteiger partial charge on any atom is 0.197 e. The SMILES string of the molecule is O=C1c2ccccc2CNc2cc3c(=O)c4ccccc4[nH]c3cc21. The number of H-pyrrole nitrogens is 1. The molecular weight excluding hydrogens is 312 g/mol. The number of ketones is 1. The Hall–Kier alpha value is -3.40. The molecule has 1 aliphatic heterocycles. The summed E-state index contributed by atoms with van der Waals surface area (Å²) in [5.74, 6) is -0.0218. The van der Waals surface area contributed by atoms with E-state index >= 15 is 0 Å². The Morgan fingerprint density at radius 3 is 2.48 bits per heavy atom. The zero-order valence-corrected chi connectivity index (χ0v) is 13.3. The third-order valence-corrected chi connectivity index (χ3v) is 4.82. The fourth-order valence-electron chi connectivity index (χ4n) is 3.54. The van der Waals surface area contributed by atoms with Crippen molar-refractivity contribution in [3.63, 3.8) is 0 Å². The number of carbonyl (C=O) groups is 1. The van der Waals surface area contributed by atoms with Gasteiger partial charge in [-0.3, -0.25) is 9.59 Å². The molecule has 4 aromatic rings. The number of benzene rings is 3. The van der Waals surface area contributed by atoms with E-state index in [9.17, 15) is 9.59 Å². The molecule has 0 amide bonds. The first-order valence-corrected chi connectivity index (χ1v) is 8.17. The molecule has 0 saturated carbocycles. The van der Waals surface area contributed by atoms with Gasteiger partial charge in [0.05, 0.1) is 5.52 Å². The largest absolute Gasteiger partial charge is 0.380 e. The topological polar surface area (TPSA) is 62.0 Å². The van der Waals surface area contributed by atoms with Crippen LogP contribution in [0.2, 0.25) is 0 Å². The van der Waals surface area contributed by atoms with E-state index in [4.69, 9.17) is 0 Å². The standard InChI is InChI=1S/C21H14N2O2/c24-20-13-6-2-1-5-12(13)11-22-18-9-16-19(10-15(18)20)23-17-8-4-3-7-14(17)21(16)25/h1-10,22H,11H2,(H,23,25). The van der Waals surface area contributed by atoms with E-state index in [1.54, 1.807) is 12.1 Å². The van der Waals surface area contributed by atoms with Crippen molar-refractivity contribution in [1.82, 2.24) is 4.98 Å². The molecule has 25 heavy (non-hydrogen) atoms. The molecule has 0 atom stereocenters. The molecule has 0 fully saturated rings. The summed E-state index contributed by atoms with van der Waals surface area (Å²) in [5.41, 5.74) is 4.38. The number of anilines is 1. The Morgan fingerprint density at radius 1 is 0.760 bits per heavy atom. The van der Waals surface area contributed by atoms with Gasteiger partial charge >= 0.3 is 0 Å². The smallest absolute Gasteiger partial charge is 0.197 e. The van der Waals surface area contributed by atoms with Gasteiger partial charge in [-0.25, -0.2) is 0 Å². The first-order chi connectivity index (χ1) is 12.2. The summed E-state index contributed by atoms with van der Waals surface area (Å²) < 4.78 is 0. The number of rotatable bonds is 0. The van der Waals surface area contributed by atoms with Gasteiger partial charge in [0.25, 0.3) is 0 Å². The van der Waals surface area contributed by atoms with E-state index in [1.807, 2.05) is 48.5 Å². The van der Waals surface area contributed by atoms with Crippen LogP contribution in [0, 0.1) is 0 Å². The number of hydrogen-bond donors (Lipinski definition) is 2. The highest BCUT2D eigenvalue weighted by Gasteiger charge is 2.22. The van der Waals surface area contributed by atoms with Gasteiger partial charge in [-0.15, -0.1) is 0 Å². The molecule has 5 rings (SSSR count). The normalized spacial score (nSPS) is 13.2. The molecule has 2 heterocycles. The van der Waals surface area contributed by atoms with Crippen molar-refractivity contribution in [1.29, 1.82) is 0 Å². The summed E-state index contributed by atoms with van der Waals surface area (Å²) in [4.78, 5) is 29.1. The van der Waals surface area contributed by atoms with Crippen molar-refractivity contribution < 1.29 is 4.79 Å². The Kier molecular flexibility index (Phi) is 2.82. The van der Waals surface area contributed by atoms with Crippen molar-refractivity contribution in [3.05, 3.63) is 87.6 Å². The molecule has 1 aromatic heterocycles. The lowest BCUT2D eigenvalue weighted by molar-refractivity contribution is 0.103. The van der Waals surface area contributed by atoms with E-state index in [2.05, 4.69) is 10.3 Å². The molecule has 0 saturated heterocycles. The Labute approximate surface area is 143 Å². The molecule has 4 nitrogen and oxygen atoms in total. The van der Waals surface area contributed by atoms with Gasteiger partial charge in [-0.05, 0) is 29.8 Å². The molecule has 4 heteroatoms. The highest BCUT2D eigenvalue weighted by molar-refractivity contribution is 6.16. The van der Waals surface area contributed by atoms with Crippen LogP contribution in [0.4, 0.5) is 5.69 Å². The molecular formula is C21H14N2O2. The van der Waals surface area contributed by atoms with Crippen LogP contribution in [0.25, 0.3) is 21.8 Å². The Balaban J connectivity index is 1.84. The summed E-state index contributed by atoms with van der Waals surface area (Å²) in [5, 5.41) is 4.54. The van der Waals surface area contributed by atoms with Crippen LogP contribution < -0.4 is 10.7 Å². The first kappa shape index (κ1) is 14.0. The maximum atomic E-state index is 13.0. The predicted molar refractivity (Wildman–Crippen MR) is 99.3 cm³/mol. The highest BCUT2D eigenvalue weighted by Crippen LogP contribution is 2.29. The van der Waals surface area contributed by atoms with Gasteiger partial charge < -0.3 is 10.3 Å². The summed E-state index contributed by atoms with van der Waals surface area (Å²) in [6.45, 7) is 0.561. The third-order valence-electron chi connectivity index (χ3n) is 4.82. The van der Waals surface area contributed by atoms with Gasteiger partial charge in [0.1, 0.15) is 0 Å². The quantitative estimate of drug-likeness (QED) is 0.483. The number of pyridine rings is 1. The van der Waals surface area contributed by atoms with Gasteiger partial charge in [0.15, 0.2) is 11.2 Å². The highest BCUT2D eigenvalue weighted by atomic mass is 16.1. The Bertz CT molecular complexity index is 1240. The van der Waals surface area contributed by atoms with Crippen molar-refractivity contribution in [3.8, 4) is 0 Å². The number of hydrogen-bond acceptors (Lipinski definition) is 3. The molecule has 0 radical (unpaired) electrons. The molecule has 3 aromatic carbocycles. The number of fused-ring (bicyclic) bond motifs is 4. The average molecular weight is 326 g/mol. The maximum absolute atomic E-state index is 13.0. The fourth-order valence-corrected chi connectivity index (χ4v) is 3.54. The molecule has 1 aliphatic rings. The lowest BCUT2D eigenvalue weighted by Gasteiger charge is -2.10. The number of aromatic nitrogens is 1. The number of para-hydroxylation sites is 1. The van der Waals surface area contributed by atoms with Gasteiger partial charge in [-0.2, -0.15) is 0 Å². The summed E-state index contributed by atoms with van der Waals surface area (Å²) >= 11 is 0. The van der Waals surface area contributed by atoms with Crippen LogP contribution in [-0.4, -0.2) is 10.8 Å². The zero-order valence-electron chi connectivity index (χ0n) is 13.3. The van der Waals surface area contributed by atoms with Crippen LogP contribution in [-0.2, 0) is 6.54 Å². The van der Waals surface area contributed by atoms with E-state index in [1.165, 1.54) is 0 Å². The fraction of sp³-hybridized carbons (Fsp3) is 0.0476. The van der Waals surface area contributed by atoms with Crippen LogP contribution in [0.5, 0.6) is 0 Å². The van der Waals surface area contributed by atoms with Crippen molar-refractivity contribution in [2.75, 3.05) is 5.32 Å². The number of nitrogens with one attached hydrogen (secondary N) is 2. The second-order valence-electron chi connectivity index (χ2n) is 6.28. The van der Waals surface area contributed by atoms with Crippen molar-refractivity contribution in [2.24, 2.45) is 0 Å². The minimum atomic E-state index is -0.0249. The summed E-state index contributed by atoms with van der Waals surface area (Å²) in [6.07, 6.45) is 0. The van der Waals surface area contributed by atoms with Crippen LogP contribution >= 0.6 is 0 Å². The van der Waals surface area contributed by atoms with E-state index in [0.717, 1.165) is 11.1 Å². The molecule has 0 unspecified atom stereocenters. The monoisotopic (exact) mass is 326 g/mol. The minimum Gasteiger partial charge on any atom is -0.380 e. The lowest BCUT2D eigenvalue weighted by Crippen LogP contribution is -2.08. The van der Waals surface area contributed by atoms with E-state index < -0.39 is 0 Å². The Morgan fingerprint density at radius 2 is 1.56 bits per heavy atom. The molecule has 0 spiro atoms. The first-order valence-electron chi connectivity index (χ1n) is 8.17. The van der Waals surface area contributed by atoms with Crippen LogP contribution in [0.3, 0.4) is 0 Å². The second-order valence-corrected chi connectivity index (χ2v) is 6.28.